The van der Waals surface area contributed by atoms with E-state index in [1.165, 1.54) is 12.8 Å². The Morgan fingerprint density at radius 1 is 1.50 bits per heavy atom. The van der Waals surface area contributed by atoms with Crippen LogP contribution in [0.3, 0.4) is 0 Å². The molecule has 0 amide bonds. The van der Waals surface area contributed by atoms with Crippen LogP contribution in [0.1, 0.15) is 19.3 Å². The fourth-order valence-electron chi connectivity index (χ4n) is 1.50. The summed E-state index contributed by atoms with van der Waals surface area (Å²) < 4.78 is 6.76. The lowest BCUT2D eigenvalue weighted by Crippen LogP contribution is -2.16. The molecule has 0 spiro atoms. The average molecular weight is 301 g/mol. The lowest BCUT2D eigenvalue weighted by molar-refractivity contribution is 0.227. The number of hydrogen-bond donors (Lipinski definition) is 0. The van der Waals surface area contributed by atoms with Crippen LogP contribution in [0, 0.1) is 3.70 Å². The number of aromatic nitrogens is 1. The molecule has 14 heavy (non-hydrogen) atoms. The second-order valence-electron chi connectivity index (χ2n) is 3.31. The van der Waals surface area contributed by atoms with Gasteiger partial charge >= 0.3 is 0 Å². The predicted molar refractivity (Wildman–Crippen MR) is 64.4 cm³/mol. The largest absolute Gasteiger partial charge is 0.484 e. The molecular formula is C11H12INO. The minimum atomic E-state index is 0.237. The highest BCUT2D eigenvalue weighted by atomic mass is 127. The van der Waals surface area contributed by atoms with Gasteiger partial charge in [-0.05, 0) is 60.1 Å². The second-order valence-corrected chi connectivity index (χ2v) is 4.33. The fraction of sp³-hybridized carbons (Fsp3) is 0.364. The van der Waals surface area contributed by atoms with Gasteiger partial charge in [0, 0.05) is 6.20 Å². The zero-order chi connectivity index (χ0) is 9.80. The molecule has 0 bridgehead atoms. The first-order valence-electron chi connectivity index (χ1n) is 4.80. The molecule has 1 atom stereocenters. The van der Waals surface area contributed by atoms with Gasteiger partial charge in [0.25, 0.3) is 0 Å². The van der Waals surface area contributed by atoms with Crippen LogP contribution in [-0.2, 0) is 0 Å². The van der Waals surface area contributed by atoms with Crippen LogP contribution in [0.5, 0.6) is 5.75 Å². The zero-order valence-corrected chi connectivity index (χ0v) is 9.98. The quantitative estimate of drug-likeness (QED) is 0.475. The van der Waals surface area contributed by atoms with Crippen molar-refractivity contribution in [3.63, 3.8) is 0 Å². The number of hydrogen-bond acceptors (Lipinski definition) is 2. The monoisotopic (exact) mass is 301 g/mol. The predicted octanol–water partition coefficient (Wildman–Crippen LogP) is 3.17. The van der Waals surface area contributed by atoms with Crippen LogP contribution in [0.4, 0.5) is 0 Å². The number of pyridine rings is 1. The van der Waals surface area contributed by atoms with Gasteiger partial charge in [0.2, 0.25) is 0 Å². The lowest BCUT2D eigenvalue weighted by atomic mass is 10.1. The van der Waals surface area contributed by atoms with Crippen molar-refractivity contribution < 1.29 is 4.74 Å². The molecule has 0 fully saturated rings. The van der Waals surface area contributed by atoms with Crippen molar-refractivity contribution >= 4 is 22.6 Å². The molecule has 1 aromatic heterocycles. The van der Waals surface area contributed by atoms with E-state index in [0.29, 0.717) is 0 Å². The Morgan fingerprint density at radius 2 is 2.43 bits per heavy atom. The topological polar surface area (TPSA) is 22.1 Å². The Labute approximate surface area is 97.5 Å². The van der Waals surface area contributed by atoms with Crippen molar-refractivity contribution in [2.24, 2.45) is 0 Å². The molecule has 74 valence electrons. The molecule has 2 rings (SSSR count). The third-order valence-corrected chi connectivity index (χ3v) is 3.02. The van der Waals surface area contributed by atoms with Crippen LogP contribution >= 0.6 is 22.6 Å². The van der Waals surface area contributed by atoms with E-state index < -0.39 is 0 Å². The van der Waals surface area contributed by atoms with Crippen molar-refractivity contribution in [2.45, 2.75) is 25.4 Å². The number of halogens is 1. The summed E-state index contributed by atoms with van der Waals surface area (Å²) in [5, 5.41) is 0. The van der Waals surface area contributed by atoms with Crippen LogP contribution in [0.15, 0.2) is 30.5 Å². The van der Waals surface area contributed by atoms with E-state index in [9.17, 15) is 0 Å². The maximum absolute atomic E-state index is 5.83. The smallest absolute Gasteiger partial charge is 0.152 e. The Morgan fingerprint density at radius 3 is 3.14 bits per heavy atom. The first-order valence-corrected chi connectivity index (χ1v) is 5.88. The van der Waals surface area contributed by atoms with Crippen molar-refractivity contribution in [3.05, 3.63) is 34.2 Å². The molecule has 0 aliphatic heterocycles. The maximum atomic E-state index is 5.83. The van der Waals surface area contributed by atoms with Crippen LogP contribution in [-0.4, -0.2) is 11.1 Å². The minimum Gasteiger partial charge on any atom is -0.484 e. The van der Waals surface area contributed by atoms with E-state index in [4.69, 9.17) is 4.74 Å². The molecule has 0 N–H and O–H groups in total. The first-order chi connectivity index (χ1) is 6.86. The molecule has 0 saturated heterocycles. The van der Waals surface area contributed by atoms with Gasteiger partial charge in [0.1, 0.15) is 9.80 Å². The molecule has 0 saturated carbocycles. The maximum Gasteiger partial charge on any atom is 0.152 e. The van der Waals surface area contributed by atoms with E-state index in [0.717, 1.165) is 15.9 Å². The fourth-order valence-corrected chi connectivity index (χ4v) is 1.97. The lowest BCUT2D eigenvalue weighted by Gasteiger charge is -2.18. The summed E-state index contributed by atoms with van der Waals surface area (Å²) in [6.45, 7) is 0. The Balaban J connectivity index is 2.06. The second kappa shape index (κ2) is 4.77. The van der Waals surface area contributed by atoms with Crippen molar-refractivity contribution in [1.82, 2.24) is 4.98 Å². The summed E-state index contributed by atoms with van der Waals surface area (Å²) in [6, 6.07) is 3.88. The number of allylic oxidation sites excluding steroid dienone is 1. The molecule has 3 heteroatoms. The van der Waals surface area contributed by atoms with Crippen LogP contribution in [0.25, 0.3) is 0 Å². The van der Waals surface area contributed by atoms with Gasteiger partial charge in [-0.15, -0.1) is 0 Å². The van der Waals surface area contributed by atoms with Gasteiger partial charge < -0.3 is 4.74 Å². The van der Waals surface area contributed by atoms with Gasteiger partial charge in [0.05, 0.1) is 0 Å². The Kier molecular flexibility index (Phi) is 3.39. The normalized spacial score (nSPS) is 20.8. The molecule has 1 aliphatic rings. The number of ether oxygens (including phenoxy) is 1. The number of rotatable bonds is 2. The summed E-state index contributed by atoms with van der Waals surface area (Å²) in [6.07, 6.45) is 9.88. The van der Waals surface area contributed by atoms with Gasteiger partial charge in [-0.2, -0.15) is 0 Å². The van der Waals surface area contributed by atoms with Crippen LogP contribution < -0.4 is 4.74 Å². The molecule has 1 aliphatic carbocycles. The first kappa shape index (κ1) is 9.96. The summed E-state index contributed by atoms with van der Waals surface area (Å²) in [7, 11) is 0. The highest BCUT2D eigenvalue weighted by Crippen LogP contribution is 2.22. The summed E-state index contributed by atoms with van der Waals surface area (Å²) >= 11 is 2.20. The van der Waals surface area contributed by atoms with E-state index in [1.807, 2.05) is 12.1 Å². The van der Waals surface area contributed by atoms with Crippen molar-refractivity contribution in [2.75, 3.05) is 0 Å². The van der Waals surface area contributed by atoms with E-state index in [2.05, 4.69) is 39.7 Å². The third-order valence-electron chi connectivity index (χ3n) is 2.21. The highest BCUT2D eigenvalue weighted by molar-refractivity contribution is 14.1. The number of nitrogens with zero attached hydrogens (tertiary/aromatic N) is 1. The molecule has 2 nitrogen and oxygen atoms in total. The molecule has 1 heterocycles. The van der Waals surface area contributed by atoms with Gasteiger partial charge in [-0.25, -0.2) is 4.98 Å². The molecule has 0 aromatic carbocycles. The molecule has 0 radical (unpaired) electrons. The van der Waals surface area contributed by atoms with Crippen molar-refractivity contribution in [3.8, 4) is 5.75 Å². The highest BCUT2D eigenvalue weighted by Gasteiger charge is 2.11. The van der Waals surface area contributed by atoms with E-state index in [-0.39, 0.29) is 6.10 Å². The molecule has 1 unspecified atom stereocenters. The van der Waals surface area contributed by atoms with E-state index >= 15 is 0 Å². The third kappa shape index (κ3) is 2.47. The van der Waals surface area contributed by atoms with Gasteiger partial charge in [-0.3, -0.25) is 0 Å². The van der Waals surface area contributed by atoms with Crippen LogP contribution in [0.2, 0.25) is 0 Å². The standard InChI is InChI=1S/C11H12INO/c12-11-10(7-4-8-13-11)14-9-5-2-1-3-6-9/h2,4-5,7-9H,1,3,6H2. The molecular weight excluding hydrogens is 289 g/mol. The zero-order valence-electron chi connectivity index (χ0n) is 7.82. The Hall–Kier alpha value is -0.580. The Bertz CT molecular complexity index is 338. The summed E-state index contributed by atoms with van der Waals surface area (Å²) in [4.78, 5) is 4.18. The average Bonchev–Trinajstić information content (AvgIpc) is 2.23. The summed E-state index contributed by atoms with van der Waals surface area (Å²) in [5.74, 6) is 0.893. The van der Waals surface area contributed by atoms with Gasteiger partial charge in [-0.1, -0.05) is 6.08 Å². The molecule has 1 aromatic rings. The summed E-state index contributed by atoms with van der Waals surface area (Å²) in [5.41, 5.74) is 0. The van der Waals surface area contributed by atoms with E-state index in [1.54, 1.807) is 6.20 Å². The van der Waals surface area contributed by atoms with Crippen molar-refractivity contribution in [1.29, 1.82) is 0 Å². The SMILES string of the molecule is Ic1ncccc1OC1C=CCCC1. The minimum absolute atomic E-state index is 0.237. The van der Waals surface area contributed by atoms with Gasteiger partial charge in [0.15, 0.2) is 5.75 Å².